The lowest BCUT2D eigenvalue weighted by molar-refractivity contribution is 0.0698. The zero-order valence-corrected chi connectivity index (χ0v) is 11.4. The number of carbonyl (C=O) groups excluding carboxylic acids is 1. The Morgan fingerprint density at radius 3 is 2.58 bits per heavy atom. The van der Waals surface area contributed by atoms with Crippen LogP contribution in [0.5, 0.6) is 0 Å². The lowest BCUT2D eigenvalue weighted by atomic mass is 10.3. The van der Waals surface area contributed by atoms with E-state index in [0.29, 0.717) is 16.6 Å². The third kappa shape index (κ3) is 2.65. The summed E-state index contributed by atoms with van der Waals surface area (Å²) in [5.74, 6) is -1.09. The molecule has 2 rings (SSSR count). The van der Waals surface area contributed by atoms with Crippen molar-refractivity contribution in [1.29, 1.82) is 0 Å². The Hall–Kier alpha value is -2.15. The maximum absolute atomic E-state index is 12.0. The van der Waals surface area contributed by atoms with Crippen molar-refractivity contribution in [3.63, 3.8) is 0 Å². The summed E-state index contributed by atoms with van der Waals surface area (Å²) in [5, 5.41) is 11.9. The molecule has 0 atom stereocenters. The number of carbonyl (C=O) groups is 2. The molecule has 2 N–H and O–H groups in total. The van der Waals surface area contributed by atoms with Crippen LogP contribution >= 0.6 is 11.3 Å². The van der Waals surface area contributed by atoms with Crippen LogP contribution in [0.15, 0.2) is 10.5 Å². The fourth-order valence-electron chi connectivity index (χ4n) is 1.67. The van der Waals surface area contributed by atoms with Gasteiger partial charge in [0.1, 0.15) is 5.00 Å². The molecule has 0 unspecified atom stereocenters. The summed E-state index contributed by atoms with van der Waals surface area (Å²) in [6, 6.07) is 1.51. The van der Waals surface area contributed by atoms with E-state index >= 15 is 0 Å². The molecule has 19 heavy (non-hydrogen) atoms. The minimum absolute atomic E-state index is 0.0738. The van der Waals surface area contributed by atoms with Gasteiger partial charge in [-0.1, -0.05) is 0 Å². The first-order valence-corrected chi connectivity index (χ1v) is 6.29. The van der Waals surface area contributed by atoms with Crippen LogP contribution in [-0.4, -0.2) is 22.0 Å². The summed E-state index contributed by atoms with van der Waals surface area (Å²) < 4.78 is 5.19. The summed E-state index contributed by atoms with van der Waals surface area (Å²) in [6.07, 6.45) is 0. The molecule has 6 nitrogen and oxygen atoms in total. The van der Waals surface area contributed by atoms with Gasteiger partial charge in [-0.05, 0) is 19.9 Å². The molecule has 0 aliphatic rings. The van der Waals surface area contributed by atoms with E-state index in [4.69, 9.17) is 9.52 Å². The molecule has 100 valence electrons. The van der Waals surface area contributed by atoms with Gasteiger partial charge >= 0.3 is 5.97 Å². The molecule has 1 amide bonds. The minimum atomic E-state index is -1.08. The zero-order chi connectivity index (χ0) is 14.2. The van der Waals surface area contributed by atoms with Crippen LogP contribution in [0, 0.1) is 20.8 Å². The zero-order valence-electron chi connectivity index (χ0n) is 10.6. The average molecular weight is 280 g/mol. The number of oxazole rings is 1. The first kappa shape index (κ1) is 13.3. The second-order valence-electron chi connectivity index (χ2n) is 4.01. The van der Waals surface area contributed by atoms with E-state index < -0.39 is 11.9 Å². The monoisotopic (exact) mass is 280 g/mol. The van der Waals surface area contributed by atoms with Gasteiger partial charge in [-0.3, -0.25) is 4.79 Å². The van der Waals surface area contributed by atoms with E-state index in [1.807, 2.05) is 0 Å². The summed E-state index contributed by atoms with van der Waals surface area (Å²) in [6.45, 7) is 5.07. The molecule has 0 spiro atoms. The fourth-order valence-corrected chi connectivity index (χ4v) is 2.57. The molecule has 2 aromatic heterocycles. The Bertz CT molecular complexity index is 657. The van der Waals surface area contributed by atoms with Gasteiger partial charge in [0.05, 0.1) is 11.3 Å². The van der Waals surface area contributed by atoms with Gasteiger partial charge in [0.15, 0.2) is 5.89 Å². The van der Waals surface area contributed by atoms with E-state index in [1.54, 1.807) is 20.8 Å². The first-order chi connectivity index (χ1) is 8.88. The van der Waals surface area contributed by atoms with Crippen LogP contribution in [0.2, 0.25) is 0 Å². The van der Waals surface area contributed by atoms with Crippen molar-refractivity contribution in [1.82, 2.24) is 4.98 Å². The predicted octanol–water partition coefficient (Wildman–Crippen LogP) is 2.61. The van der Waals surface area contributed by atoms with Gasteiger partial charge < -0.3 is 14.8 Å². The summed E-state index contributed by atoms with van der Waals surface area (Å²) in [4.78, 5) is 27.8. The van der Waals surface area contributed by atoms with Gasteiger partial charge in [-0.2, -0.15) is 0 Å². The summed E-state index contributed by atoms with van der Waals surface area (Å²) in [7, 11) is 0. The predicted molar refractivity (Wildman–Crippen MR) is 69.9 cm³/mol. The van der Waals surface area contributed by atoms with Crippen LogP contribution in [-0.2, 0) is 0 Å². The molecule has 0 fully saturated rings. The first-order valence-electron chi connectivity index (χ1n) is 5.47. The molecule has 0 aliphatic heterocycles. The highest BCUT2D eigenvalue weighted by molar-refractivity contribution is 7.16. The van der Waals surface area contributed by atoms with Gasteiger partial charge in [-0.15, -0.1) is 11.3 Å². The number of aromatic nitrogens is 1. The molecule has 0 bridgehead atoms. The third-order valence-electron chi connectivity index (χ3n) is 2.42. The quantitative estimate of drug-likeness (QED) is 0.901. The second-order valence-corrected chi connectivity index (χ2v) is 5.26. The normalized spacial score (nSPS) is 10.5. The maximum Gasteiger partial charge on any atom is 0.338 e. The molecule has 2 aromatic rings. The van der Waals surface area contributed by atoms with Crippen molar-refractivity contribution in [2.24, 2.45) is 0 Å². The Kier molecular flexibility index (Phi) is 3.39. The highest BCUT2D eigenvalue weighted by atomic mass is 32.1. The highest BCUT2D eigenvalue weighted by Crippen LogP contribution is 2.28. The molecular formula is C12H12N2O4S. The number of rotatable bonds is 3. The summed E-state index contributed by atoms with van der Waals surface area (Å²) in [5.41, 5.74) is 0.546. The number of hydrogen-bond donors (Lipinski definition) is 2. The average Bonchev–Trinajstić information content (AvgIpc) is 2.81. The van der Waals surface area contributed by atoms with Crippen LogP contribution in [0.1, 0.15) is 37.4 Å². The Morgan fingerprint density at radius 1 is 1.37 bits per heavy atom. The van der Waals surface area contributed by atoms with Crippen molar-refractivity contribution >= 4 is 28.2 Å². The molecule has 0 aliphatic carbocycles. The van der Waals surface area contributed by atoms with Gasteiger partial charge in [-0.25, -0.2) is 9.78 Å². The van der Waals surface area contributed by atoms with Gasteiger partial charge in [0.2, 0.25) is 5.76 Å². The smallest absolute Gasteiger partial charge is 0.338 e. The molecular weight excluding hydrogens is 268 g/mol. The number of aryl methyl sites for hydroxylation is 3. The molecule has 0 radical (unpaired) electrons. The molecule has 2 heterocycles. The number of carboxylic acids is 1. The Labute approximate surface area is 113 Å². The van der Waals surface area contributed by atoms with Gasteiger partial charge in [0, 0.05) is 11.8 Å². The molecule has 0 saturated heterocycles. The van der Waals surface area contributed by atoms with E-state index in [2.05, 4.69) is 10.3 Å². The van der Waals surface area contributed by atoms with Crippen molar-refractivity contribution in [2.75, 3.05) is 5.32 Å². The van der Waals surface area contributed by atoms with Crippen molar-refractivity contribution < 1.29 is 19.1 Å². The maximum atomic E-state index is 12.0. The van der Waals surface area contributed by atoms with E-state index in [9.17, 15) is 9.59 Å². The van der Waals surface area contributed by atoms with Crippen LogP contribution in [0.3, 0.4) is 0 Å². The van der Waals surface area contributed by atoms with E-state index in [0.717, 1.165) is 4.88 Å². The minimum Gasteiger partial charge on any atom is -0.478 e. The standard InChI is InChI=1S/C12H12N2O4S/c1-5-4-8(12(16)17)11(19-5)14-10(15)9-6(2)13-7(3)18-9/h4H,1-3H3,(H,14,15)(H,16,17). The van der Waals surface area contributed by atoms with E-state index in [1.165, 1.54) is 17.4 Å². The number of aromatic carboxylic acids is 1. The SMILES string of the molecule is Cc1nc(C)c(C(=O)Nc2sc(C)cc2C(=O)O)o1. The second kappa shape index (κ2) is 4.85. The largest absolute Gasteiger partial charge is 0.478 e. The number of carboxylic acid groups (broad SMARTS) is 1. The lowest BCUT2D eigenvalue weighted by Crippen LogP contribution is -2.13. The van der Waals surface area contributed by atoms with Crippen LogP contribution in [0.25, 0.3) is 0 Å². The van der Waals surface area contributed by atoms with Crippen molar-refractivity contribution in [3.8, 4) is 0 Å². The Morgan fingerprint density at radius 2 is 2.05 bits per heavy atom. The van der Waals surface area contributed by atoms with Crippen molar-refractivity contribution in [2.45, 2.75) is 20.8 Å². The molecule has 7 heteroatoms. The van der Waals surface area contributed by atoms with Crippen LogP contribution in [0.4, 0.5) is 5.00 Å². The third-order valence-corrected chi connectivity index (χ3v) is 3.39. The highest BCUT2D eigenvalue weighted by Gasteiger charge is 2.20. The van der Waals surface area contributed by atoms with Crippen LogP contribution < -0.4 is 5.32 Å². The number of thiophene rings is 1. The number of nitrogens with one attached hydrogen (secondary N) is 1. The Balaban J connectivity index is 2.29. The van der Waals surface area contributed by atoms with Crippen molar-refractivity contribution in [3.05, 3.63) is 33.9 Å². The number of anilines is 1. The number of amides is 1. The van der Waals surface area contributed by atoms with E-state index in [-0.39, 0.29) is 11.3 Å². The summed E-state index contributed by atoms with van der Waals surface area (Å²) >= 11 is 1.20. The molecule has 0 aromatic carbocycles. The topological polar surface area (TPSA) is 92.4 Å². The number of nitrogens with zero attached hydrogens (tertiary/aromatic N) is 1. The van der Waals surface area contributed by atoms with Gasteiger partial charge in [0.25, 0.3) is 5.91 Å². The fraction of sp³-hybridized carbons (Fsp3) is 0.250. The lowest BCUT2D eigenvalue weighted by Gasteiger charge is -2.01. The molecule has 0 saturated carbocycles. The number of hydrogen-bond acceptors (Lipinski definition) is 5.